The topological polar surface area (TPSA) is 203 Å². The molecule has 2 fully saturated rings. The number of hydrogen-bond donors (Lipinski definition) is 4. The molecule has 0 saturated carbocycles. The van der Waals surface area contributed by atoms with Gasteiger partial charge in [0.05, 0.1) is 12.6 Å². The van der Waals surface area contributed by atoms with Crippen LogP contribution in [-0.4, -0.2) is 101 Å². The van der Waals surface area contributed by atoms with Gasteiger partial charge < -0.3 is 16.6 Å². The van der Waals surface area contributed by atoms with Crippen molar-refractivity contribution in [3.8, 4) is 0 Å². The molecule has 2 aromatic rings. The Bertz CT molecular complexity index is 1340. The first-order valence-electron chi connectivity index (χ1n) is 11.5. The Morgan fingerprint density at radius 3 is 2.90 bits per heavy atom. The van der Waals surface area contributed by atoms with Crippen molar-refractivity contribution < 1.29 is 28.9 Å². The molecule has 3 atom stereocenters. The van der Waals surface area contributed by atoms with Gasteiger partial charge in [-0.1, -0.05) is 29.4 Å². The minimum absolute atomic E-state index is 0.0257. The van der Waals surface area contributed by atoms with Gasteiger partial charge in [-0.2, -0.15) is 0 Å². The number of fused-ring (bicyclic) bond motifs is 1. The number of aromatic nitrogens is 4. The first-order valence-corrected chi connectivity index (χ1v) is 15.2. The summed E-state index contributed by atoms with van der Waals surface area (Å²) >= 11 is 5.80. The molecule has 206 valence electrons. The van der Waals surface area contributed by atoms with E-state index in [9.17, 15) is 19.5 Å². The summed E-state index contributed by atoms with van der Waals surface area (Å²) in [7, 11) is 0. The van der Waals surface area contributed by atoms with E-state index in [2.05, 4.69) is 48.2 Å². The van der Waals surface area contributed by atoms with Crippen molar-refractivity contribution in [2.45, 2.75) is 30.0 Å². The van der Waals surface area contributed by atoms with Gasteiger partial charge in [0.1, 0.15) is 0 Å². The average Bonchev–Trinajstić information content (AvgIpc) is 3.33. The maximum atomic E-state index is 13.1. The summed E-state index contributed by atoms with van der Waals surface area (Å²) in [6, 6.07) is 0.666. The predicted molar refractivity (Wildman–Crippen MR) is 148 cm³/mol. The van der Waals surface area contributed by atoms with Crippen molar-refractivity contribution in [2.24, 2.45) is 10.6 Å². The van der Waals surface area contributed by atoms with Gasteiger partial charge in [0.25, 0.3) is 0 Å². The molecule has 0 spiro atoms. The molecule has 2 unspecified atom stereocenters. The van der Waals surface area contributed by atoms with E-state index in [-0.39, 0.29) is 47.9 Å². The summed E-state index contributed by atoms with van der Waals surface area (Å²) in [5, 5.41) is 16.7. The van der Waals surface area contributed by atoms with Gasteiger partial charge >= 0.3 is 166 Å². The SMILES string of the molecule is C=CC[n+]1c(N)cc(N)nc1SCC1(C(=O)O)CS[C@@H]2C(NC(=O)C(=NOCC)c3nsc([As])n3)C(=O)N2C1. The number of nitrogen functional groups attached to an aromatic ring is 2. The number of carboxylic acids is 1. The average molecular weight is 655 g/mol. The molecule has 14 nitrogen and oxygen atoms in total. The molecule has 18 heteroatoms. The maximum absolute atomic E-state index is 13.1. The molecule has 2 saturated heterocycles. The molecule has 2 aromatic heterocycles. The Balaban J connectivity index is 1.46. The number of nitrogens with zero attached hydrogens (tertiary/aromatic N) is 6. The fraction of sp³-hybridized carbons (Fsp3) is 0.429. The molecule has 2 aliphatic rings. The zero-order chi connectivity index (χ0) is 28.3. The van der Waals surface area contributed by atoms with Crippen LogP contribution in [0.15, 0.2) is 29.0 Å². The minimum atomic E-state index is -1.26. The fourth-order valence-corrected chi connectivity index (χ4v) is 7.69. The van der Waals surface area contributed by atoms with Crippen LogP contribution in [0.4, 0.5) is 11.6 Å². The third-order valence-electron chi connectivity index (χ3n) is 5.86. The van der Waals surface area contributed by atoms with Crippen LogP contribution in [0, 0.1) is 5.41 Å². The second-order valence-corrected chi connectivity index (χ2v) is 12.9. The van der Waals surface area contributed by atoms with Gasteiger partial charge in [-0.3, -0.25) is 4.79 Å². The van der Waals surface area contributed by atoms with Crippen LogP contribution in [0.2, 0.25) is 0 Å². The van der Waals surface area contributed by atoms with Crippen molar-refractivity contribution >= 4 is 90.8 Å². The Morgan fingerprint density at radius 1 is 1.49 bits per heavy atom. The summed E-state index contributed by atoms with van der Waals surface area (Å²) in [5.41, 5.74) is 10.5. The summed E-state index contributed by atoms with van der Waals surface area (Å²) in [5.74, 6) is -1.08. The second kappa shape index (κ2) is 12.1. The molecule has 39 heavy (non-hydrogen) atoms. The van der Waals surface area contributed by atoms with Gasteiger partial charge in [0.15, 0.2) is 0 Å². The summed E-state index contributed by atoms with van der Waals surface area (Å²) in [4.78, 5) is 53.5. The monoisotopic (exact) mass is 654 g/mol. The molecule has 0 aliphatic carbocycles. The van der Waals surface area contributed by atoms with Gasteiger partial charge in [-0.15, -0.1) is 0 Å². The first kappa shape index (κ1) is 29.1. The van der Waals surface area contributed by atoms with Gasteiger partial charge in [0.2, 0.25) is 11.6 Å². The van der Waals surface area contributed by atoms with E-state index in [4.69, 9.17) is 16.3 Å². The van der Waals surface area contributed by atoms with E-state index in [1.165, 1.54) is 34.5 Å². The van der Waals surface area contributed by atoms with Crippen LogP contribution in [-0.2, 0) is 25.8 Å². The number of aliphatic carboxylic acids is 1. The molecule has 4 heterocycles. The van der Waals surface area contributed by atoms with Crippen molar-refractivity contribution in [1.82, 2.24) is 24.6 Å². The summed E-state index contributed by atoms with van der Waals surface area (Å²) < 4.78 is 6.36. The van der Waals surface area contributed by atoms with Gasteiger partial charge in [-0.25, -0.2) is 4.57 Å². The van der Waals surface area contributed by atoms with Crippen molar-refractivity contribution in [3.05, 3.63) is 24.5 Å². The molecule has 4 rings (SSSR count). The van der Waals surface area contributed by atoms with Crippen molar-refractivity contribution in [2.75, 3.05) is 36.1 Å². The Labute approximate surface area is 244 Å². The van der Waals surface area contributed by atoms with Crippen LogP contribution < -0.4 is 25.1 Å². The molecular formula is C21H25AsN9O5S3+. The van der Waals surface area contributed by atoms with E-state index >= 15 is 0 Å². The van der Waals surface area contributed by atoms with Crippen LogP contribution in [0.5, 0.6) is 0 Å². The van der Waals surface area contributed by atoms with Crippen LogP contribution in [0.1, 0.15) is 12.7 Å². The van der Waals surface area contributed by atoms with E-state index in [0.29, 0.717) is 21.3 Å². The normalized spacial score (nSPS) is 22.6. The molecule has 6 N–H and O–H groups in total. The van der Waals surface area contributed by atoms with Crippen molar-refractivity contribution in [3.63, 3.8) is 0 Å². The molecule has 2 aliphatic heterocycles. The van der Waals surface area contributed by atoms with Gasteiger partial charge in [0, 0.05) is 0 Å². The van der Waals surface area contributed by atoms with Crippen LogP contribution in [0.25, 0.3) is 0 Å². The van der Waals surface area contributed by atoms with E-state index in [1.54, 1.807) is 17.6 Å². The number of amides is 2. The predicted octanol–water partition coefficient (Wildman–Crippen LogP) is -1.63. The Morgan fingerprint density at radius 2 is 2.26 bits per heavy atom. The van der Waals surface area contributed by atoms with Gasteiger partial charge in [-0.05, 0) is 0 Å². The zero-order valence-electron chi connectivity index (χ0n) is 20.6. The van der Waals surface area contributed by atoms with E-state index < -0.39 is 28.7 Å². The number of allylic oxidation sites excluding steroid dienone is 1. The molecule has 0 aromatic carbocycles. The number of carboxylic acid groups (broad SMARTS) is 1. The first-order chi connectivity index (χ1) is 18.6. The van der Waals surface area contributed by atoms with Crippen LogP contribution >= 0.6 is 35.1 Å². The fourth-order valence-electron chi connectivity index (χ4n) is 3.91. The van der Waals surface area contributed by atoms with E-state index in [1.807, 2.05) is 0 Å². The molecule has 2 amide bonds. The zero-order valence-corrected chi connectivity index (χ0v) is 25.0. The Kier molecular flexibility index (Phi) is 9.03. The summed E-state index contributed by atoms with van der Waals surface area (Å²) in [6.45, 7) is 6.00. The number of nitrogens with two attached hydrogens (primary N) is 2. The number of β-lactam (4-membered cyclic amide) rings is 1. The standard InChI is InChI=1S/C21H24AsN9O5S3/c1-3-5-30-11(24)6-10(23)25-20(30)38-9-21(18(34)35)7-31-16(33)13(17(31)37-8-21)26-15(32)12(28-36-4-2)14-27-19(22)39-29-14/h3,6,13,17H,1,4-5,7-9H2,2H3,(H5,23,24,26,32,34,35)/p+1/t13?,17-,21?/m1/s1. The second-order valence-electron chi connectivity index (χ2n) is 8.54. The number of carbonyl (C=O) groups is 3. The molecule has 0 bridgehead atoms. The quantitative estimate of drug-likeness (QED) is 0.0315. The van der Waals surface area contributed by atoms with E-state index in [0.717, 1.165) is 11.5 Å². The number of carbonyl (C=O) groups excluding carboxylic acids is 2. The number of thioether (sulfide) groups is 2. The molecular weight excluding hydrogens is 629 g/mol. The number of hydrogen-bond acceptors (Lipinski definition) is 13. The Hall–Kier alpha value is -2.88. The number of oxime groups is 1. The third-order valence-corrected chi connectivity index (χ3v) is 9.96. The summed E-state index contributed by atoms with van der Waals surface area (Å²) in [6.07, 6.45) is 1.65. The number of anilines is 2. The van der Waals surface area contributed by atoms with Crippen LogP contribution in [0.3, 0.4) is 0 Å². The number of nitrogens with one attached hydrogen (secondary N) is 1. The van der Waals surface area contributed by atoms with Crippen molar-refractivity contribution in [1.29, 1.82) is 0 Å². The number of rotatable bonds is 11. The third kappa shape index (κ3) is 6.00. The molecule has 2 radical (unpaired) electrons.